The fraction of sp³-hybridized carbons (Fsp3) is 0.846. The lowest BCUT2D eigenvalue weighted by Gasteiger charge is -2.15. The highest BCUT2D eigenvalue weighted by Gasteiger charge is 2.09. The molecule has 2 atom stereocenters. The van der Waals surface area contributed by atoms with Gasteiger partial charge in [-0.05, 0) is 18.3 Å². The molecule has 14 heavy (non-hydrogen) atoms. The summed E-state index contributed by atoms with van der Waals surface area (Å²) < 4.78 is 0. The molecule has 0 fully saturated rings. The maximum Gasteiger partial charge on any atom is 0.0651 e. The van der Waals surface area contributed by atoms with Crippen molar-refractivity contribution in [2.75, 3.05) is 0 Å². The van der Waals surface area contributed by atoms with E-state index in [2.05, 4.69) is 26.7 Å². The SMILES string of the molecule is C#CC[C@H](O)C[C@H](C)CCCC(C)C. The Morgan fingerprint density at radius 2 is 1.86 bits per heavy atom. The molecule has 1 heteroatoms. The third kappa shape index (κ3) is 8.13. The number of hydrogen-bond donors (Lipinski definition) is 1. The Hall–Kier alpha value is -0.480. The summed E-state index contributed by atoms with van der Waals surface area (Å²) in [5.74, 6) is 3.88. The fourth-order valence-corrected chi connectivity index (χ4v) is 1.68. The Kier molecular flexibility index (Phi) is 7.61. The average Bonchev–Trinajstić information content (AvgIpc) is 2.03. The maximum absolute atomic E-state index is 9.49. The first-order valence-electron chi connectivity index (χ1n) is 5.67. The summed E-state index contributed by atoms with van der Waals surface area (Å²) >= 11 is 0. The van der Waals surface area contributed by atoms with Crippen molar-refractivity contribution in [3.05, 3.63) is 0 Å². The Bertz CT molecular complexity index is 167. The third-order valence-corrected chi connectivity index (χ3v) is 2.51. The summed E-state index contributed by atoms with van der Waals surface area (Å²) in [5.41, 5.74) is 0. The molecule has 0 spiro atoms. The minimum atomic E-state index is -0.297. The van der Waals surface area contributed by atoms with Crippen LogP contribution in [0.15, 0.2) is 0 Å². The van der Waals surface area contributed by atoms with Crippen LogP contribution in [-0.4, -0.2) is 11.2 Å². The fourth-order valence-electron chi connectivity index (χ4n) is 1.68. The number of aliphatic hydroxyl groups excluding tert-OH is 1. The van der Waals surface area contributed by atoms with Gasteiger partial charge in [0.1, 0.15) is 0 Å². The van der Waals surface area contributed by atoms with Gasteiger partial charge >= 0.3 is 0 Å². The number of terminal acetylenes is 1. The molecule has 0 saturated carbocycles. The van der Waals surface area contributed by atoms with Crippen LogP contribution in [0.4, 0.5) is 0 Å². The summed E-state index contributed by atoms with van der Waals surface area (Å²) in [6.07, 6.45) is 9.94. The predicted molar refractivity (Wildman–Crippen MR) is 61.9 cm³/mol. The van der Waals surface area contributed by atoms with Crippen molar-refractivity contribution >= 4 is 0 Å². The van der Waals surface area contributed by atoms with Crippen molar-refractivity contribution in [1.29, 1.82) is 0 Å². The van der Waals surface area contributed by atoms with Crippen LogP contribution in [0, 0.1) is 24.2 Å². The first-order chi connectivity index (χ1) is 6.56. The van der Waals surface area contributed by atoms with Gasteiger partial charge in [-0.15, -0.1) is 12.3 Å². The van der Waals surface area contributed by atoms with Gasteiger partial charge < -0.3 is 5.11 Å². The molecule has 0 heterocycles. The summed E-state index contributed by atoms with van der Waals surface area (Å²) in [7, 11) is 0. The van der Waals surface area contributed by atoms with Crippen LogP contribution in [0.1, 0.15) is 52.9 Å². The highest BCUT2D eigenvalue weighted by atomic mass is 16.3. The van der Waals surface area contributed by atoms with E-state index in [9.17, 15) is 5.11 Å². The van der Waals surface area contributed by atoms with Crippen LogP contribution < -0.4 is 0 Å². The highest BCUT2D eigenvalue weighted by Crippen LogP contribution is 2.17. The average molecular weight is 196 g/mol. The molecular formula is C13H24O. The molecule has 0 aromatic rings. The van der Waals surface area contributed by atoms with Crippen molar-refractivity contribution in [3.8, 4) is 12.3 Å². The number of rotatable bonds is 7. The van der Waals surface area contributed by atoms with Crippen LogP contribution in [0.3, 0.4) is 0 Å². The Morgan fingerprint density at radius 1 is 1.21 bits per heavy atom. The Morgan fingerprint density at radius 3 is 2.36 bits per heavy atom. The van der Waals surface area contributed by atoms with Gasteiger partial charge in [0, 0.05) is 6.42 Å². The lowest BCUT2D eigenvalue weighted by atomic mass is 9.94. The molecule has 82 valence electrons. The lowest BCUT2D eigenvalue weighted by Crippen LogP contribution is -2.11. The quantitative estimate of drug-likeness (QED) is 0.620. The normalized spacial score (nSPS) is 15.1. The second-order valence-corrected chi connectivity index (χ2v) is 4.73. The van der Waals surface area contributed by atoms with Crippen molar-refractivity contribution in [1.82, 2.24) is 0 Å². The van der Waals surface area contributed by atoms with Gasteiger partial charge in [0.25, 0.3) is 0 Å². The molecule has 0 aliphatic heterocycles. The van der Waals surface area contributed by atoms with Crippen LogP contribution in [0.5, 0.6) is 0 Å². The minimum Gasteiger partial charge on any atom is -0.392 e. The summed E-state index contributed by atoms with van der Waals surface area (Å²) in [6.45, 7) is 6.69. The zero-order valence-electron chi connectivity index (χ0n) is 9.79. The van der Waals surface area contributed by atoms with E-state index in [1.807, 2.05) is 0 Å². The Balaban J connectivity index is 3.45. The summed E-state index contributed by atoms with van der Waals surface area (Å²) in [6, 6.07) is 0. The monoisotopic (exact) mass is 196 g/mol. The molecule has 0 aliphatic rings. The molecule has 0 saturated heterocycles. The molecular weight excluding hydrogens is 172 g/mol. The number of aliphatic hydroxyl groups is 1. The van der Waals surface area contributed by atoms with Crippen molar-refractivity contribution in [2.24, 2.45) is 11.8 Å². The van der Waals surface area contributed by atoms with E-state index in [0.717, 1.165) is 12.3 Å². The van der Waals surface area contributed by atoms with E-state index >= 15 is 0 Å². The van der Waals surface area contributed by atoms with Crippen molar-refractivity contribution in [3.63, 3.8) is 0 Å². The van der Waals surface area contributed by atoms with Gasteiger partial charge in [-0.3, -0.25) is 0 Å². The predicted octanol–water partition coefficient (Wildman–Crippen LogP) is 3.22. The van der Waals surface area contributed by atoms with Gasteiger partial charge in [-0.2, -0.15) is 0 Å². The third-order valence-electron chi connectivity index (χ3n) is 2.51. The van der Waals surface area contributed by atoms with E-state index < -0.39 is 0 Å². The minimum absolute atomic E-state index is 0.297. The first-order valence-corrected chi connectivity index (χ1v) is 5.67. The van der Waals surface area contributed by atoms with Gasteiger partial charge in [-0.1, -0.05) is 40.0 Å². The van der Waals surface area contributed by atoms with Crippen molar-refractivity contribution < 1.29 is 5.11 Å². The molecule has 0 aliphatic carbocycles. The summed E-state index contributed by atoms with van der Waals surface area (Å²) in [5, 5.41) is 9.49. The van der Waals surface area contributed by atoms with E-state index in [1.54, 1.807) is 0 Å². The van der Waals surface area contributed by atoms with Gasteiger partial charge in [0.15, 0.2) is 0 Å². The molecule has 0 aromatic heterocycles. The summed E-state index contributed by atoms with van der Waals surface area (Å²) in [4.78, 5) is 0. The van der Waals surface area contributed by atoms with Gasteiger partial charge in [0.2, 0.25) is 0 Å². The van der Waals surface area contributed by atoms with Crippen LogP contribution in [-0.2, 0) is 0 Å². The Labute approximate surface area is 88.9 Å². The molecule has 0 radical (unpaired) electrons. The largest absolute Gasteiger partial charge is 0.392 e. The molecule has 0 rings (SSSR count). The second kappa shape index (κ2) is 7.88. The van der Waals surface area contributed by atoms with Gasteiger partial charge in [-0.25, -0.2) is 0 Å². The molecule has 0 aromatic carbocycles. The molecule has 0 unspecified atom stereocenters. The molecule has 0 bridgehead atoms. The van der Waals surface area contributed by atoms with Crippen LogP contribution in [0.25, 0.3) is 0 Å². The maximum atomic E-state index is 9.49. The standard InChI is InChI=1S/C13H24O/c1-5-7-13(14)10-12(4)9-6-8-11(2)3/h1,11-14H,6-10H2,2-4H3/t12-,13+/m1/s1. The van der Waals surface area contributed by atoms with E-state index in [0.29, 0.717) is 12.3 Å². The zero-order chi connectivity index (χ0) is 11.0. The highest BCUT2D eigenvalue weighted by molar-refractivity contribution is 4.87. The van der Waals surface area contributed by atoms with E-state index in [-0.39, 0.29) is 6.10 Å². The first kappa shape index (κ1) is 13.5. The van der Waals surface area contributed by atoms with Gasteiger partial charge in [0.05, 0.1) is 6.10 Å². The smallest absolute Gasteiger partial charge is 0.0651 e. The lowest BCUT2D eigenvalue weighted by molar-refractivity contribution is 0.147. The molecule has 1 N–H and O–H groups in total. The van der Waals surface area contributed by atoms with E-state index in [4.69, 9.17) is 6.42 Å². The molecule has 1 nitrogen and oxygen atoms in total. The van der Waals surface area contributed by atoms with Crippen LogP contribution >= 0.6 is 0 Å². The van der Waals surface area contributed by atoms with Crippen LogP contribution in [0.2, 0.25) is 0 Å². The second-order valence-electron chi connectivity index (χ2n) is 4.73. The molecule has 0 amide bonds. The number of hydrogen-bond acceptors (Lipinski definition) is 1. The zero-order valence-corrected chi connectivity index (χ0v) is 9.79. The van der Waals surface area contributed by atoms with E-state index in [1.165, 1.54) is 19.3 Å². The van der Waals surface area contributed by atoms with Crippen molar-refractivity contribution in [2.45, 2.75) is 59.0 Å². The topological polar surface area (TPSA) is 20.2 Å².